The lowest BCUT2D eigenvalue weighted by Crippen LogP contribution is -2.43. The van der Waals surface area contributed by atoms with Crippen molar-refractivity contribution in [1.82, 2.24) is 19.8 Å². The maximum atomic E-state index is 12.5. The molecule has 2 atom stereocenters. The minimum absolute atomic E-state index is 0. The van der Waals surface area contributed by atoms with E-state index >= 15 is 0 Å². The third-order valence-corrected chi connectivity index (χ3v) is 4.48. The van der Waals surface area contributed by atoms with E-state index in [4.69, 9.17) is 5.11 Å². The minimum Gasteiger partial charge on any atom is -0.396 e. The van der Waals surface area contributed by atoms with Crippen molar-refractivity contribution in [2.24, 2.45) is 13.0 Å². The lowest BCUT2D eigenvalue weighted by atomic mass is 9.98. The standard InChI is InChI=1S/C16H26N4O4.ClH/c1-3-5-11-8-20(6-4-7-21)10-13(11)17-14(22)12-9-19(2)16(24)18-15(12)23;/h9,11,13,21H,3-8,10H2,1-2H3,(H,17,22)(H,18,23,24);1H/t11-,13-;/m0./s1. The summed E-state index contributed by atoms with van der Waals surface area (Å²) in [5.74, 6) is -0.133. The molecule has 8 nitrogen and oxygen atoms in total. The van der Waals surface area contributed by atoms with Crippen molar-refractivity contribution in [2.45, 2.75) is 32.2 Å². The van der Waals surface area contributed by atoms with Crippen molar-refractivity contribution in [3.05, 3.63) is 32.6 Å². The number of aliphatic hydroxyl groups excluding tert-OH is 1. The lowest BCUT2D eigenvalue weighted by molar-refractivity contribution is 0.0926. The van der Waals surface area contributed by atoms with Gasteiger partial charge in [0.25, 0.3) is 11.5 Å². The summed E-state index contributed by atoms with van der Waals surface area (Å²) >= 11 is 0. The Morgan fingerprint density at radius 2 is 2.12 bits per heavy atom. The number of hydrogen-bond acceptors (Lipinski definition) is 5. The first-order chi connectivity index (χ1) is 11.5. The Balaban J connectivity index is 0.00000312. The number of aromatic amines is 1. The monoisotopic (exact) mass is 374 g/mol. The second-order valence-corrected chi connectivity index (χ2v) is 6.38. The van der Waals surface area contributed by atoms with E-state index in [-0.39, 0.29) is 30.6 Å². The van der Waals surface area contributed by atoms with Crippen molar-refractivity contribution in [2.75, 3.05) is 26.2 Å². The van der Waals surface area contributed by atoms with Gasteiger partial charge >= 0.3 is 5.69 Å². The molecule has 1 saturated heterocycles. The van der Waals surface area contributed by atoms with Crippen molar-refractivity contribution >= 4 is 18.3 Å². The number of nitrogens with zero attached hydrogens (tertiary/aromatic N) is 2. The molecular weight excluding hydrogens is 348 g/mol. The average Bonchev–Trinajstić information content (AvgIpc) is 2.91. The molecule has 1 fully saturated rings. The second kappa shape index (κ2) is 9.74. The highest BCUT2D eigenvalue weighted by molar-refractivity contribution is 5.93. The van der Waals surface area contributed by atoms with Crippen LogP contribution in [0.2, 0.25) is 0 Å². The number of rotatable bonds is 7. The number of H-pyrrole nitrogens is 1. The van der Waals surface area contributed by atoms with Crippen molar-refractivity contribution in [3.8, 4) is 0 Å². The smallest absolute Gasteiger partial charge is 0.328 e. The fraction of sp³-hybridized carbons (Fsp3) is 0.688. The Morgan fingerprint density at radius 1 is 1.40 bits per heavy atom. The molecule has 0 aliphatic carbocycles. The zero-order valence-electron chi connectivity index (χ0n) is 14.7. The van der Waals surface area contributed by atoms with Crippen LogP contribution in [-0.2, 0) is 7.05 Å². The van der Waals surface area contributed by atoms with Gasteiger partial charge in [-0.25, -0.2) is 4.79 Å². The minimum atomic E-state index is -0.669. The van der Waals surface area contributed by atoms with Gasteiger partial charge in [0, 0.05) is 45.5 Å². The predicted octanol–water partition coefficient (Wildman–Crippen LogP) is -0.292. The Labute approximate surface area is 152 Å². The highest BCUT2D eigenvalue weighted by Gasteiger charge is 2.33. The fourth-order valence-electron chi connectivity index (χ4n) is 3.24. The summed E-state index contributed by atoms with van der Waals surface area (Å²) in [5, 5.41) is 11.9. The Morgan fingerprint density at radius 3 is 2.76 bits per heavy atom. The number of aryl methyl sites for hydroxylation is 1. The molecule has 9 heteroatoms. The number of carbonyl (C=O) groups excluding carboxylic acids is 1. The molecule has 2 heterocycles. The van der Waals surface area contributed by atoms with Gasteiger partial charge in [-0.15, -0.1) is 12.4 Å². The molecule has 0 aromatic carbocycles. The molecule has 3 N–H and O–H groups in total. The van der Waals surface area contributed by atoms with Gasteiger partial charge in [0.1, 0.15) is 5.56 Å². The van der Waals surface area contributed by atoms with Gasteiger partial charge in [-0.05, 0) is 18.8 Å². The van der Waals surface area contributed by atoms with Crippen LogP contribution in [-0.4, -0.2) is 57.7 Å². The van der Waals surface area contributed by atoms with Crippen molar-refractivity contribution in [3.63, 3.8) is 0 Å². The molecule has 2 rings (SSSR count). The van der Waals surface area contributed by atoms with Crippen LogP contribution >= 0.6 is 12.4 Å². The SMILES string of the molecule is CCC[C@H]1CN(CCCO)C[C@@H]1NC(=O)c1cn(C)c(=O)[nH]c1=O.Cl. The number of nitrogens with one attached hydrogen (secondary N) is 2. The van der Waals surface area contributed by atoms with Crippen LogP contribution in [0, 0.1) is 5.92 Å². The van der Waals surface area contributed by atoms with Gasteiger partial charge in [0.2, 0.25) is 0 Å². The first kappa shape index (κ1) is 21.4. The molecule has 0 saturated carbocycles. The topological polar surface area (TPSA) is 107 Å². The molecular formula is C16H27ClN4O4. The van der Waals surface area contributed by atoms with Crippen LogP contribution in [0.4, 0.5) is 0 Å². The largest absolute Gasteiger partial charge is 0.396 e. The highest BCUT2D eigenvalue weighted by atomic mass is 35.5. The number of hydrogen-bond donors (Lipinski definition) is 3. The van der Waals surface area contributed by atoms with Crippen LogP contribution in [0.5, 0.6) is 0 Å². The number of aromatic nitrogens is 2. The first-order valence-corrected chi connectivity index (χ1v) is 8.40. The summed E-state index contributed by atoms with van der Waals surface area (Å²) in [6.45, 7) is 4.64. The number of carbonyl (C=O) groups is 1. The van der Waals surface area contributed by atoms with E-state index in [9.17, 15) is 14.4 Å². The summed E-state index contributed by atoms with van der Waals surface area (Å²) in [4.78, 5) is 40.1. The number of halogens is 1. The normalized spacial score (nSPS) is 20.3. The average molecular weight is 375 g/mol. The lowest BCUT2D eigenvalue weighted by Gasteiger charge is -2.19. The van der Waals surface area contributed by atoms with Gasteiger partial charge in [-0.3, -0.25) is 14.6 Å². The van der Waals surface area contributed by atoms with Crippen LogP contribution in [0.25, 0.3) is 0 Å². The van der Waals surface area contributed by atoms with Crippen molar-refractivity contribution in [1.29, 1.82) is 0 Å². The fourth-order valence-corrected chi connectivity index (χ4v) is 3.24. The molecule has 0 unspecified atom stereocenters. The molecule has 1 aromatic rings. The summed E-state index contributed by atoms with van der Waals surface area (Å²) in [6, 6.07) is -0.0345. The third kappa shape index (κ3) is 5.42. The maximum Gasteiger partial charge on any atom is 0.328 e. The van der Waals surface area contributed by atoms with E-state index in [1.165, 1.54) is 17.8 Å². The Kier molecular flexibility index (Phi) is 8.34. The van der Waals surface area contributed by atoms with E-state index in [1.54, 1.807) is 0 Å². The van der Waals surface area contributed by atoms with Gasteiger partial charge in [-0.1, -0.05) is 13.3 Å². The maximum absolute atomic E-state index is 12.5. The van der Waals surface area contributed by atoms with E-state index in [0.29, 0.717) is 18.9 Å². The number of likely N-dealkylation sites (tertiary alicyclic amines) is 1. The molecule has 0 bridgehead atoms. The summed E-state index contributed by atoms with van der Waals surface area (Å²) in [6.07, 6.45) is 3.99. The van der Waals surface area contributed by atoms with E-state index in [0.717, 1.165) is 25.9 Å². The number of aliphatic hydroxyl groups is 1. The van der Waals surface area contributed by atoms with Gasteiger partial charge < -0.3 is 19.9 Å². The number of amides is 1. The second-order valence-electron chi connectivity index (χ2n) is 6.38. The molecule has 1 aromatic heterocycles. The van der Waals surface area contributed by atoms with Crippen LogP contribution in [0.3, 0.4) is 0 Å². The molecule has 142 valence electrons. The Bertz CT molecular complexity index is 687. The van der Waals surface area contributed by atoms with Crippen LogP contribution in [0.15, 0.2) is 15.8 Å². The van der Waals surface area contributed by atoms with Crippen LogP contribution in [0.1, 0.15) is 36.5 Å². The van der Waals surface area contributed by atoms with Crippen LogP contribution < -0.4 is 16.6 Å². The molecule has 1 aliphatic heterocycles. The molecule has 25 heavy (non-hydrogen) atoms. The molecule has 1 amide bonds. The van der Waals surface area contributed by atoms with Crippen molar-refractivity contribution < 1.29 is 9.90 Å². The van der Waals surface area contributed by atoms with Gasteiger partial charge in [-0.2, -0.15) is 0 Å². The zero-order chi connectivity index (χ0) is 17.7. The molecule has 1 aliphatic rings. The summed E-state index contributed by atoms with van der Waals surface area (Å²) in [5.41, 5.74) is -1.27. The molecule has 0 spiro atoms. The quantitative estimate of drug-likeness (QED) is 0.607. The summed E-state index contributed by atoms with van der Waals surface area (Å²) in [7, 11) is 1.49. The van der Waals surface area contributed by atoms with Gasteiger partial charge in [0.05, 0.1) is 0 Å². The van der Waals surface area contributed by atoms with Gasteiger partial charge in [0.15, 0.2) is 0 Å². The van der Waals surface area contributed by atoms with E-state index in [2.05, 4.69) is 22.1 Å². The third-order valence-electron chi connectivity index (χ3n) is 4.48. The van der Waals surface area contributed by atoms with E-state index in [1.807, 2.05) is 0 Å². The Hall–Kier alpha value is -1.64. The van der Waals surface area contributed by atoms with E-state index < -0.39 is 17.2 Å². The summed E-state index contributed by atoms with van der Waals surface area (Å²) < 4.78 is 1.18. The molecule has 0 radical (unpaired) electrons. The zero-order valence-corrected chi connectivity index (χ0v) is 15.5. The predicted molar refractivity (Wildman–Crippen MR) is 97.3 cm³/mol. The highest BCUT2D eigenvalue weighted by Crippen LogP contribution is 2.22. The first-order valence-electron chi connectivity index (χ1n) is 8.40.